The number of ether oxygens (including phenoxy) is 1. The maximum Gasteiger partial charge on any atom is 0.303 e. The van der Waals surface area contributed by atoms with E-state index in [1.807, 2.05) is 12.1 Å². The number of hydrogen-bond acceptors (Lipinski definition) is 3. The van der Waals surface area contributed by atoms with Gasteiger partial charge < -0.3 is 15.2 Å². The van der Waals surface area contributed by atoms with Crippen LogP contribution in [0.4, 0.5) is 5.69 Å². The molecule has 1 atom stereocenters. The van der Waals surface area contributed by atoms with Gasteiger partial charge in [-0.15, -0.1) is 0 Å². The van der Waals surface area contributed by atoms with Crippen LogP contribution >= 0.6 is 0 Å². The van der Waals surface area contributed by atoms with Crippen molar-refractivity contribution in [2.24, 2.45) is 11.8 Å². The van der Waals surface area contributed by atoms with Crippen molar-refractivity contribution < 1.29 is 19.4 Å². The third-order valence-corrected chi connectivity index (χ3v) is 2.76. The molecule has 21 heavy (non-hydrogen) atoms. The van der Waals surface area contributed by atoms with Gasteiger partial charge in [0.15, 0.2) is 0 Å². The van der Waals surface area contributed by atoms with E-state index in [1.165, 1.54) is 0 Å². The molecule has 1 aromatic rings. The Morgan fingerprint density at radius 1 is 1.24 bits per heavy atom. The van der Waals surface area contributed by atoms with Crippen LogP contribution < -0.4 is 10.1 Å². The number of anilines is 1. The quantitative estimate of drug-likeness (QED) is 0.772. The van der Waals surface area contributed by atoms with E-state index in [9.17, 15) is 9.59 Å². The van der Waals surface area contributed by atoms with Gasteiger partial charge in [0.05, 0.1) is 6.61 Å². The molecule has 1 aromatic carbocycles. The predicted octanol–water partition coefficient (Wildman–Crippen LogP) is 3.16. The van der Waals surface area contributed by atoms with E-state index in [4.69, 9.17) is 9.84 Å². The highest BCUT2D eigenvalue weighted by Crippen LogP contribution is 2.19. The van der Waals surface area contributed by atoms with Gasteiger partial charge in [-0.3, -0.25) is 9.59 Å². The second-order valence-electron chi connectivity index (χ2n) is 5.69. The number of carboxylic acid groups (broad SMARTS) is 1. The molecular weight excluding hydrogens is 270 g/mol. The van der Waals surface area contributed by atoms with Crippen LogP contribution in [0, 0.1) is 11.8 Å². The van der Waals surface area contributed by atoms with Gasteiger partial charge in [0, 0.05) is 24.6 Å². The zero-order chi connectivity index (χ0) is 15.8. The molecule has 0 fully saturated rings. The molecule has 0 saturated carbocycles. The van der Waals surface area contributed by atoms with E-state index in [2.05, 4.69) is 19.2 Å². The van der Waals surface area contributed by atoms with Crippen LogP contribution in [0.3, 0.4) is 0 Å². The summed E-state index contributed by atoms with van der Waals surface area (Å²) in [5.74, 6) is -0.132. The van der Waals surface area contributed by atoms with Gasteiger partial charge in [-0.05, 0) is 24.0 Å². The molecular formula is C16H23NO4. The Morgan fingerprint density at radius 3 is 2.57 bits per heavy atom. The molecule has 0 heterocycles. The van der Waals surface area contributed by atoms with E-state index < -0.39 is 5.97 Å². The SMILES string of the molecule is CC(C)COc1cccc(NC(=O)CC(C)CC(=O)O)c1. The molecule has 0 aromatic heterocycles. The van der Waals surface area contributed by atoms with Gasteiger partial charge in [-0.1, -0.05) is 26.8 Å². The van der Waals surface area contributed by atoms with Crippen molar-refractivity contribution in [1.29, 1.82) is 0 Å². The van der Waals surface area contributed by atoms with Crippen molar-refractivity contribution >= 4 is 17.6 Å². The van der Waals surface area contributed by atoms with Crippen LogP contribution in [0.15, 0.2) is 24.3 Å². The third kappa shape index (κ3) is 7.34. The van der Waals surface area contributed by atoms with Gasteiger partial charge in [0.25, 0.3) is 0 Å². The Bertz CT molecular complexity index is 485. The summed E-state index contributed by atoms with van der Waals surface area (Å²) in [7, 11) is 0. The number of hydrogen-bond donors (Lipinski definition) is 2. The molecule has 0 aliphatic carbocycles. The minimum atomic E-state index is -0.889. The molecule has 0 aliphatic rings. The Morgan fingerprint density at radius 2 is 1.95 bits per heavy atom. The van der Waals surface area contributed by atoms with Gasteiger partial charge >= 0.3 is 5.97 Å². The fourth-order valence-electron chi connectivity index (χ4n) is 1.83. The zero-order valence-electron chi connectivity index (χ0n) is 12.8. The first-order chi connectivity index (χ1) is 9.86. The van der Waals surface area contributed by atoms with Crippen LogP contribution in [-0.4, -0.2) is 23.6 Å². The lowest BCUT2D eigenvalue weighted by molar-refractivity contribution is -0.138. The minimum Gasteiger partial charge on any atom is -0.493 e. The lowest BCUT2D eigenvalue weighted by Gasteiger charge is -2.12. The molecule has 2 N–H and O–H groups in total. The summed E-state index contributed by atoms with van der Waals surface area (Å²) in [6, 6.07) is 7.20. The Hall–Kier alpha value is -2.04. The summed E-state index contributed by atoms with van der Waals surface area (Å²) in [5.41, 5.74) is 0.656. The molecule has 0 saturated heterocycles. The molecule has 0 radical (unpaired) electrons. The Labute approximate surface area is 125 Å². The van der Waals surface area contributed by atoms with E-state index in [-0.39, 0.29) is 24.7 Å². The first kappa shape index (κ1) is 17.0. The number of carboxylic acids is 1. The smallest absolute Gasteiger partial charge is 0.303 e. The van der Waals surface area contributed by atoms with Crippen LogP contribution in [0.5, 0.6) is 5.75 Å². The predicted molar refractivity (Wildman–Crippen MR) is 81.4 cm³/mol. The fraction of sp³-hybridized carbons (Fsp3) is 0.500. The lowest BCUT2D eigenvalue weighted by Crippen LogP contribution is -2.17. The monoisotopic (exact) mass is 293 g/mol. The second-order valence-corrected chi connectivity index (χ2v) is 5.69. The average Bonchev–Trinajstić information content (AvgIpc) is 2.35. The molecule has 0 aliphatic heterocycles. The molecule has 0 spiro atoms. The van der Waals surface area contributed by atoms with Crippen LogP contribution in [0.1, 0.15) is 33.6 Å². The summed E-state index contributed by atoms with van der Waals surface area (Å²) in [4.78, 5) is 22.4. The van der Waals surface area contributed by atoms with Crippen LogP contribution in [0.2, 0.25) is 0 Å². The van der Waals surface area contributed by atoms with Crippen LogP contribution in [0.25, 0.3) is 0 Å². The molecule has 116 valence electrons. The van der Waals surface area contributed by atoms with Crippen molar-refractivity contribution in [3.05, 3.63) is 24.3 Å². The van der Waals surface area contributed by atoms with E-state index in [1.54, 1.807) is 19.1 Å². The summed E-state index contributed by atoms with van der Waals surface area (Å²) < 4.78 is 5.59. The summed E-state index contributed by atoms with van der Waals surface area (Å²) in [5, 5.41) is 11.4. The van der Waals surface area contributed by atoms with Crippen molar-refractivity contribution in [3.63, 3.8) is 0 Å². The molecule has 0 bridgehead atoms. The third-order valence-electron chi connectivity index (χ3n) is 2.76. The standard InChI is InChI=1S/C16H23NO4/c1-11(2)10-21-14-6-4-5-13(9-14)17-15(18)7-12(3)8-16(19)20/h4-6,9,11-12H,7-8,10H2,1-3H3,(H,17,18)(H,19,20). The highest BCUT2D eigenvalue weighted by Gasteiger charge is 2.13. The molecule has 5 nitrogen and oxygen atoms in total. The Balaban J connectivity index is 2.52. The highest BCUT2D eigenvalue weighted by molar-refractivity contribution is 5.91. The van der Waals surface area contributed by atoms with Gasteiger partial charge in [-0.2, -0.15) is 0 Å². The highest BCUT2D eigenvalue weighted by atomic mass is 16.5. The van der Waals surface area contributed by atoms with E-state index in [0.717, 1.165) is 0 Å². The van der Waals surface area contributed by atoms with Crippen LogP contribution in [-0.2, 0) is 9.59 Å². The number of carbonyl (C=O) groups is 2. The topological polar surface area (TPSA) is 75.6 Å². The normalized spacial score (nSPS) is 12.0. The summed E-state index contributed by atoms with van der Waals surface area (Å²) in [6.45, 7) is 6.49. The van der Waals surface area contributed by atoms with E-state index >= 15 is 0 Å². The van der Waals surface area contributed by atoms with Gasteiger partial charge in [0.1, 0.15) is 5.75 Å². The average molecular weight is 293 g/mol. The number of nitrogens with one attached hydrogen (secondary N) is 1. The minimum absolute atomic E-state index is 0.00897. The molecule has 1 rings (SSSR count). The first-order valence-corrected chi connectivity index (χ1v) is 7.11. The maximum atomic E-state index is 11.8. The molecule has 1 amide bonds. The molecule has 5 heteroatoms. The van der Waals surface area contributed by atoms with Crippen molar-refractivity contribution in [1.82, 2.24) is 0 Å². The number of rotatable bonds is 8. The van der Waals surface area contributed by atoms with Crippen molar-refractivity contribution in [2.75, 3.05) is 11.9 Å². The number of carbonyl (C=O) groups excluding carboxylic acids is 1. The molecule has 1 unspecified atom stereocenters. The first-order valence-electron chi connectivity index (χ1n) is 7.11. The Kier molecular flexibility index (Phi) is 6.72. The second kappa shape index (κ2) is 8.29. The number of aliphatic carboxylic acids is 1. The zero-order valence-corrected chi connectivity index (χ0v) is 12.8. The number of amides is 1. The number of benzene rings is 1. The maximum absolute atomic E-state index is 11.8. The van der Waals surface area contributed by atoms with Crippen molar-refractivity contribution in [3.8, 4) is 5.75 Å². The summed E-state index contributed by atoms with van der Waals surface area (Å²) >= 11 is 0. The largest absolute Gasteiger partial charge is 0.493 e. The fourth-order valence-corrected chi connectivity index (χ4v) is 1.83. The van der Waals surface area contributed by atoms with E-state index in [0.29, 0.717) is 24.0 Å². The van der Waals surface area contributed by atoms with Crippen molar-refractivity contribution in [2.45, 2.75) is 33.6 Å². The lowest BCUT2D eigenvalue weighted by atomic mass is 10.0. The van der Waals surface area contributed by atoms with Gasteiger partial charge in [0.2, 0.25) is 5.91 Å². The summed E-state index contributed by atoms with van der Waals surface area (Å²) in [6.07, 6.45) is 0.175. The van der Waals surface area contributed by atoms with Gasteiger partial charge in [-0.25, -0.2) is 0 Å².